The summed E-state index contributed by atoms with van der Waals surface area (Å²) in [5, 5.41) is 5.30. The van der Waals surface area contributed by atoms with Crippen LogP contribution in [0.4, 0.5) is 4.39 Å². The fourth-order valence-electron chi connectivity index (χ4n) is 3.00. The lowest BCUT2D eigenvalue weighted by atomic mass is 10.1. The minimum absolute atomic E-state index is 0.236. The minimum atomic E-state index is -3.29. The van der Waals surface area contributed by atoms with Crippen LogP contribution in [0.3, 0.4) is 0 Å². The van der Waals surface area contributed by atoms with Crippen LogP contribution >= 0.6 is 11.6 Å². The first kappa shape index (κ1) is 19.4. The van der Waals surface area contributed by atoms with Gasteiger partial charge >= 0.3 is 0 Å². The molecule has 0 radical (unpaired) electrons. The molecule has 7 heteroatoms. The van der Waals surface area contributed by atoms with Crippen LogP contribution in [-0.2, 0) is 9.84 Å². The predicted octanol–water partition coefficient (Wildman–Crippen LogP) is 5.40. The zero-order valence-corrected chi connectivity index (χ0v) is 17.0. The summed E-state index contributed by atoms with van der Waals surface area (Å²) >= 11 is 6.02. The number of halogens is 2. The van der Waals surface area contributed by atoms with E-state index in [1.807, 2.05) is 18.2 Å². The average molecular weight is 427 g/mol. The van der Waals surface area contributed by atoms with Gasteiger partial charge in [-0.15, -0.1) is 0 Å². The number of sulfone groups is 1. The molecule has 4 nitrogen and oxygen atoms in total. The van der Waals surface area contributed by atoms with Gasteiger partial charge in [-0.2, -0.15) is 5.10 Å². The molecule has 0 aliphatic rings. The third-order valence-corrected chi connectivity index (χ3v) is 5.88. The summed E-state index contributed by atoms with van der Waals surface area (Å²) in [4.78, 5) is 0.236. The Bertz CT molecular complexity index is 1260. The maximum Gasteiger partial charge on any atom is 0.175 e. The van der Waals surface area contributed by atoms with E-state index in [0.29, 0.717) is 16.4 Å². The lowest BCUT2D eigenvalue weighted by Gasteiger charge is -2.08. The van der Waals surface area contributed by atoms with Crippen molar-refractivity contribution < 1.29 is 12.8 Å². The highest BCUT2D eigenvalue weighted by molar-refractivity contribution is 7.90. The Hall–Kier alpha value is -2.96. The Morgan fingerprint density at radius 1 is 0.862 bits per heavy atom. The van der Waals surface area contributed by atoms with E-state index < -0.39 is 9.84 Å². The van der Waals surface area contributed by atoms with Gasteiger partial charge in [0.25, 0.3) is 0 Å². The highest BCUT2D eigenvalue weighted by Gasteiger charge is 2.14. The molecule has 1 aromatic heterocycles. The van der Waals surface area contributed by atoms with Crippen LogP contribution in [0.2, 0.25) is 5.02 Å². The maximum atomic E-state index is 13.3. The molecule has 0 atom stereocenters. The predicted molar refractivity (Wildman–Crippen MR) is 113 cm³/mol. The topological polar surface area (TPSA) is 52.0 Å². The summed E-state index contributed by atoms with van der Waals surface area (Å²) in [5.74, 6) is -0.317. The highest BCUT2D eigenvalue weighted by atomic mass is 35.5. The van der Waals surface area contributed by atoms with Gasteiger partial charge < -0.3 is 0 Å². The van der Waals surface area contributed by atoms with Crippen molar-refractivity contribution in [2.75, 3.05) is 6.26 Å². The Morgan fingerprint density at radius 2 is 1.45 bits per heavy atom. The molecule has 0 fully saturated rings. The van der Waals surface area contributed by atoms with E-state index in [1.54, 1.807) is 53.2 Å². The molecule has 29 heavy (non-hydrogen) atoms. The van der Waals surface area contributed by atoms with Crippen molar-refractivity contribution in [2.45, 2.75) is 4.90 Å². The fraction of sp³-hybridized carbons (Fsp3) is 0.0455. The van der Waals surface area contributed by atoms with Crippen LogP contribution < -0.4 is 0 Å². The van der Waals surface area contributed by atoms with E-state index in [1.165, 1.54) is 18.4 Å². The van der Waals surface area contributed by atoms with E-state index in [2.05, 4.69) is 5.10 Å². The summed E-state index contributed by atoms with van der Waals surface area (Å²) in [6.07, 6.45) is 1.17. The van der Waals surface area contributed by atoms with Crippen LogP contribution in [0, 0.1) is 5.82 Å². The number of hydrogen-bond acceptors (Lipinski definition) is 3. The third kappa shape index (κ3) is 4.09. The van der Waals surface area contributed by atoms with Gasteiger partial charge in [-0.1, -0.05) is 23.7 Å². The molecule has 0 unspecified atom stereocenters. The third-order valence-electron chi connectivity index (χ3n) is 4.50. The van der Waals surface area contributed by atoms with Crippen LogP contribution in [0.25, 0.3) is 28.2 Å². The average Bonchev–Trinajstić information content (AvgIpc) is 3.14. The smallest absolute Gasteiger partial charge is 0.175 e. The van der Waals surface area contributed by atoms with E-state index >= 15 is 0 Å². The van der Waals surface area contributed by atoms with Crippen LogP contribution in [0.5, 0.6) is 0 Å². The van der Waals surface area contributed by atoms with Crippen molar-refractivity contribution in [1.29, 1.82) is 0 Å². The SMILES string of the molecule is CS(=O)(=O)c1ccc(-n2nc(-c3ccc(F)cc3)cc2-c2ccc(Cl)cc2)cc1. The maximum absolute atomic E-state index is 13.3. The molecule has 4 rings (SSSR count). The molecule has 3 aromatic carbocycles. The number of benzene rings is 3. The number of hydrogen-bond donors (Lipinski definition) is 0. The lowest BCUT2D eigenvalue weighted by molar-refractivity contribution is 0.602. The first-order chi connectivity index (χ1) is 13.8. The van der Waals surface area contributed by atoms with Crippen molar-refractivity contribution in [3.05, 3.63) is 89.7 Å². The molecule has 0 N–H and O–H groups in total. The minimum Gasteiger partial charge on any atom is -0.232 e. The molecule has 1 heterocycles. The second kappa shape index (κ2) is 7.46. The Kier molecular flexibility index (Phi) is 4.98. The molecule has 0 bridgehead atoms. The summed E-state index contributed by atoms with van der Waals surface area (Å²) in [5.41, 5.74) is 3.83. The van der Waals surface area contributed by atoms with Crippen molar-refractivity contribution in [3.63, 3.8) is 0 Å². The first-order valence-electron chi connectivity index (χ1n) is 8.74. The normalized spacial score (nSPS) is 11.6. The second-order valence-electron chi connectivity index (χ2n) is 6.61. The van der Waals surface area contributed by atoms with Gasteiger partial charge in [-0.05, 0) is 66.7 Å². The Labute approximate surface area is 173 Å². The van der Waals surface area contributed by atoms with Gasteiger partial charge in [0.2, 0.25) is 0 Å². The van der Waals surface area contributed by atoms with Crippen LogP contribution in [-0.4, -0.2) is 24.5 Å². The van der Waals surface area contributed by atoms with Gasteiger partial charge in [-0.3, -0.25) is 0 Å². The zero-order chi connectivity index (χ0) is 20.6. The van der Waals surface area contributed by atoms with Gasteiger partial charge in [0.05, 0.1) is 22.0 Å². The molecule has 146 valence electrons. The molecular formula is C22H16ClFN2O2S. The van der Waals surface area contributed by atoms with E-state index in [4.69, 9.17) is 11.6 Å². The van der Waals surface area contributed by atoms with Crippen molar-refractivity contribution in [3.8, 4) is 28.2 Å². The van der Waals surface area contributed by atoms with Crippen LogP contribution in [0.15, 0.2) is 83.8 Å². The molecule has 0 amide bonds. The molecule has 0 spiro atoms. The molecule has 0 saturated heterocycles. The molecule has 0 saturated carbocycles. The van der Waals surface area contributed by atoms with E-state index in [0.717, 1.165) is 16.8 Å². The first-order valence-corrected chi connectivity index (χ1v) is 11.0. The van der Waals surface area contributed by atoms with Crippen molar-refractivity contribution >= 4 is 21.4 Å². The summed E-state index contributed by atoms with van der Waals surface area (Å²) in [7, 11) is -3.29. The summed E-state index contributed by atoms with van der Waals surface area (Å²) in [6.45, 7) is 0. The largest absolute Gasteiger partial charge is 0.232 e. The summed E-state index contributed by atoms with van der Waals surface area (Å²) in [6, 6.07) is 21.9. The standard InChI is InChI=1S/C22H16ClFN2O2S/c1-29(27,28)20-12-10-19(11-13-20)26-22(16-2-6-17(23)7-3-16)14-21(25-26)15-4-8-18(24)9-5-15/h2-14H,1H3. The second-order valence-corrected chi connectivity index (χ2v) is 9.06. The molecule has 4 aromatic rings. The van der Waals surface area contributed by atoms with Crippen LogP contribution in [0.1, 0.15) is 0 Å². The lowest BCUT2D eigenvalue weighted by Crippen LogP contribution is -2.01. The molecular weight excluding hydrogens is 411 g/mol. The number of aromatic nitrogens is 2. The number of rotatable bonds is 4. The van der Waals surface area contributed by atoms with E-state index in [-0.39, 0.29) is 10.7 Å². The van der Waals surface area contributed by atoms with Crippen molar-refractivity contribution in [2.24, 2.45) is 0 Å². The van der Waals surface area contributed by atoms with Gasteiger partial charge in [-0.25, -0.2) is 17.5 Å². The Morgan fingerprint density at radius 3 is 2.03 bits per heavy atom. The van der Waals surface area contributed by atoms with Crippen molar-refractivity contribution in [1.82, 2.24) is 9.78 Å². The quantitative estimate of drug-likeness (QED) is 0.439. The molecule has 0 aliphatic heterocycles. The monoisotopic (exact) mass is 426 g/mol. The van der Waals surface area contributed by atoms with E-state index in [9.17, 15) is 12.8 Å². The van der Waals surface area contributed by atoms with Gasteiger partial charge in [0.15, 0.2) is 9.84 Å². The van der Waals surface area contributed by atoms with Gasteiger partial charge in [0, 0.05) is 22.4 Å². The fourth-order valence-corrected chi connectivity index (χ4v) is 3.76. The zero-order valence-electron chi connectivity index (χ0n) is 15.4. The number of nitrogens with zero attached hydrogens (tertiary/aromatic N) is 2. The molecule has 0 aliphatic carbocycles. The highest BCUT2D eigenvalue weighted by Crippen LogP contribution is 2.30. The Balaban J connectivity index is 1.86. The summed E-state index contributed by atoms with van der Waals surface area (Å²) < 4.78 is 38.5. The van der Waals surface area contributed by atoms with Gasteiger partial charge in [0.1, 0.15) is 5.82 Å².